The van der Waals surface area contributed by atoms with E-state index in [2.05, 4.69) is 95.4 Å². The smallest absolute Gasteiger partial charge is 0.263 e. The summed E-state index contributed by atoms with van der Waals surface area (Å²) in [4.78, 5) is 26.8. The van der Waals surface area contributed by atoms with Gasteiger partial charge in [-0.05, 0) is 90.1 Å². The van der Waals surface area contributed by atoms with Crippen molar-refractivity contribution in [2.24, 2.45) is 0 Å². The van der Waals surface area contributed by atoms with E-state index in [1.54, 1.807) is 38.1 Å². The van der Waals surface area contributed by atoms with Crippen LogP contribution in [0.1, 0.15) is 72.1 Å². The van der Waals surface area contributed by atoms with Gasteiger partial charge >= 0.3 is 0 Å². The molecule has 0 unspecified atom stereocenters. The quantitative estimate of drug-likeness (QED) is 0.121. The first kappa shape index (κ1) is 38.7. The maximum atomic E-state index is 12.6. The van der Waals surface area contributed by atoms with Crippen molar-refractivity contribution in [2.45, 2.75) is 77.7 Å². The summed E-state index contributed by atoms with van der Waals surface area (Å²) in [5.41, 5.74) is -1.01. The number of nitrogens with zero attached hydrogens (tertiary/aromatic N) is 1. The van der Waals surface area contributed by atoms with Crippen molar-refractivity contribution >= 4 is 23.4 Å². The van der Waals surface area contributed by atoms with Gasteiger partial charge in [-0.2, -0.15) is 0 Å². The number of amides is 2. The van der Waals surface area contributed by atoms with Crippen molar-refractivity contribution in [2.75, 3.05) is 33.2 Å². The second kappa shape index (κ2) is 25.0. The predicted octanol–water partition coefficient (Wildman–Crippen LogP) is 8.14. The Balaban J connectivity index is 2.04. The summed E-state index contributed by atoms with van der Waals surface area (Å²) in [6.45, 7) is 8.03. The highest BCUT2D eigenvalue weighted by atomic mass is 35.5. The van der Waals surface area contributed by atoms with Gasteiger partial charge in [0.1, 0.15) is 5.75 Å². The van der Waals surface area contributed by atoms with Crippen molar-refractivity contribution in [3.63, 3.8) is 0 Å². The van der Waals surface area contributed by atoms with E-state index in [9.17, 15) is 9.59 Å². The molecule has 0 bridgehead atoms. The molecule has 44 heavy (non-hydrogen) atoms. The van der Waals surface area contributed by atoms with Crippen LogP contribution in [0, 0.1) is 0 Å². The van der Waals surface area contributed by atoms with Crippen LogP contribution in [0.3, 0.4) is 0 Å². The molecule has 7 heteroatoms. The Morgan fingerprint density at radius 3 is 1.70 bits per heavy atom. The van der Waals surface area contributed by atoms with E-state index in [1.165, 1.54) is 0 Å². The summed E-state index contributed by atoms with van der Waals surface area (Å²) in [7, 11) is 1.96. The van der Waals surface area contributed by atoms with Gasteiger partial charge in [0, 0.05) is 37.6 Å². The van der Waals surface area contributed by atoms with Gasteiger partial charge < -0.3 is 20.3 Å². The molecule has 1 aromatic rings. The van der Waals surface area contributed by atoms with Crippen molar-refractivity contribution in [1.82, 2.24) is 15.5 Å². The molecule has 0 aliphatic rings. The Hall–Kier alpha value is -3.35. The Bertz CT molecular complexity index is 1100. The van der Waals surface area contributed by atoms with Crippen molar-refractivity contribution in [1.29, 1.82) is 0 Å². The molecule has 0 aromatic heterocycles. The number of halogens is 1. The highest BCUT2D eigenvalue weighted by Crippen LogP contribution is 2.21. The van der Waals surface area contributed by atoms with Gasteiger partial charge in [0.05, 0.1) is 0 Å². The molecule has 0 fully saturated rings. The van der Waals surface area contributed by atoms with Gasteiger partial charge in [0.15, 0.2) is 5.60 Å². The number of benzene rings is 1. The molecule has 2 amide bonds. The summed E-state index contributed by atoms with van der Waals surface area (Å²) >= 11 is 5.91. The third-order valence-corrected chi connectivity index (χ3v) is 6.71. The largest absolute Gasteiger partial charge is 0.478 e. The van der Waals surface area contributed by atoms with Gasteiger partial charge in [0.25, 0.3) is 5.91 Å². The third-order valence-electron chi connectivity index (χ3n) is 6.46. The molecule has 1 aromatic carbocycles. The van der Waals surface area contributed by atoms with Crippen LogP contribution in [0.4, 0.5) is 0 Å². The lowest BCUT2D eigenvalue weighted by Crippen LogP contribution is -2.48. The first-order valence-electron chi connectivity index (χ1n) is 15.8. The number of rotatable bonds is 23. The SMILES string of the molecule is CC/C=C\C/C=C\C/C=C\C/C=C\C/C=C\C/C=C\CCC(=O)NCCN(C)CCNC(=O)C(C)(C)Oc1ccc(Cl)cc1. The highest BCUT2D eigenvalue weighted by Gasteiger charge is 2.29. The van der Waals surface area contributed by atoms with Crippen LogP contribution in [0.2, 0.25) is 5.02 Å². The number of nitrogens with one attached hydrogen (secondary N) is 2. The first-order chi connectivity index (χ1) is 21.2. The van der Waals surface area contributed by atoms with Gasteiger partial charge in [-0.15, -0.1) is 0 Å². The second-order valence-corrected chi connectivity index (χ2v) is 11.4. The minimum absolute atomic E-state index is 0.0485. The lowest BCUT2D eigenvalue weighted by atomic mass is 10.1. The van der Waals surface area contributed by atoms with Crippen LogP contribution >= 0.6 is 11.6 Å². The molecule has 1 rings (SSSR count). The lowest BCUT2D eigenvalue weighted by molar-refractivity contribution is -0.134. The van der Waals surface area contributed by atoms with Crippen LogP contribution in [0.25, 0.3) is 0 Å². The van der Waals surface area contributed by atoms with E-state index >= 15 is 0 Å². The van der Waals surface area contributed by atoms with E-state index in [1.807, 2.05) is 7.05 Å². The maximum Gasteiger partial charge on any atom is 0.263 e. The maximum absolute atomic E-state index is 12.6. The van der Waals surface area contributed by atoms with Gasteiger partial charge in [-0.1, -0.05) is 91.4 Å². The standard InChI is InChI=1S/C37H54ClN3O3/c1-5-6-7-8-9-10-11-12-13-14-15-16-17-18-19-20-21-22-23-24-35(42)39-29-31-41(4)32-30-40-36(43)37(2,3)44-34-27-25-33(38)26-28-34/h6-7,9-10,12-13,15-16,18-19,21-22,25-28H,5,8,11,14,17,20,23-24,29-32H2,1-4H3,(H,39,42)(H,40,43)/b7-6-,10-9-,13-12-,16-15-,19-18-,22-21-. The van der Waals surface area contributed by atoms with Gasteiger partial charge in [-0.3, -0.25) is 9.59 Å². The first-order valence-corrected chi connectivity index (χ1v) is 16.2. The van der Waals surface area contributed by atoms with Crippen molar-refractivity contribution in [3.05, 3.63) is 102 Å². The number of carbonyl (C=O) groups is 2. The topological polar surface area (TPSA) is 70.7 Å². The molecule has 2 N–H and O–H groups in total. The summed E-state index contributed by atoms with van der Waals surface area (Å²) in [5.74, 6) is 0.444. The molecule has 0 saturated heterocycles. The van der Waals surface area contributed by atoms with E-state index in [4.69, 9.17) is 16.3 Å². The Morgan fingerprint density at radius 1 is 0.750 bits per heavy atom. The number of ether oxygens (including phenoxy) is 1. The summed E-state index contributed by atoms with van der Waals surface area (Å²) in [6, 6.07) is 6.93. The third kappa shape index (κ3) is 21.4. The molecule has 0 aliphatic heterocycles. The van der Waals surface area contributed by atoms with Gasteiger partial charge in [0.2, 0.25) is 5.91 Å². The van der Waals surface area contributed by atoms with Gasteiger partial charge in [-0.25, -0.2) is 0 Å². The van der Waals surface area contributed by atoms with Crippen molar-refractivity contribution in [3.8, 4) is 5.75 Å². The zero-order valence-electron chi connectivity index (χ0n) is 27.3. The molecule has 0 radical (unpaired) electrons. The average molecular weight is 624 g/mol. The molecule has 0 aliphatic carbocycles. The zero-order chi connectivity index (χ0) is 32.3. The highest BCUT2D eigenvalue weighted by molar-refractivity contribution is 6.30. The zero-order valence-corrected chi connectivity index (χ0v) is 28.0. The Kier molecular flexibility index (Phi) is 22.0. The molecule has 0 spiro atoms. The van der Waals surface area contributed by atoms with E-state index < -0.39 is 5.60 Å². The minimum atomic E-state index is -1.01. The summed E-state index contributed by atoms with van der Waals surface area (Å²) < 4.78 is 5.82. The van der Waals surface area contributed by atoms with Crippen LogP contribution in [0.15, 0.2) is 97.2 Å². The van der Waals surface area contributed by atoms with E-state index in [0.29, 0.717) is 43.4 Å². The van der Waals surface area contributed by atoms with E-state index in [0.717, 1.165) is 44.9 Å². The summed E-state index contributed by atoms with van der Waals surface area (Å²) in [6.07, 6.45) is 33.2. The minimum Gasteiger partial charge on any atom is -0.478 e. The molecular formula is C37H54ClN3O3. The molecule has 6 nitrogen and oxygen atoms in total. The Morgan fingerprint density at radius 2 is 1.20 bits per heavy atom. The number of hydrogen-bond acceptors (Lipinski definition) is 4. The van der Waals surface area contributed by atoms with E-state index in [-0.39, 0.29) is 11.8 Å². The van der Waals surface area contributed by atoms with Crippen LogP contribution in [-0.4, -0.2) is 55.5 Å². The van der Waals surface area contributed by atoms with Crippen LogP contribution in [-0.2, 0) is 9.59 Å². The fourth-order valence-electron chi connectivity index (χ4n) is 3.86. The average Bonchev–Trinajstić information content (AvgIpc) is 2.99. The number of hydrogen-bond donors (Lipinski definition) is 2. The molecule has 0 heterocycles. The number of carbonyl (C=O) groups excluding carboxylic acids is 2. The second-order valence-electron chi connectivity index (χ2n) is 10.9. The molecule has 242 valence electrons. The molecular weight excluding hydrogens is 570 g/mol. The summed E-state index contributed by atoms with van der Waals surface area (Å²) in [5, 5.41) is 6.50. The Labute approximate surface area is 271 Å². The normalized spacial score (nSPS) is 12.7. The lowest BCUT2D eigenvalue weighted by Gasteiger charge is -2.26. The fourth-order valence-corrected chi connectivity index (χ4v) is 3.98. The number of allylic oxidation sites excluding steroid dienone is 12. The predicted molar refractivity (Wildman–Crippen MR) is 187 cm³/mol. The van der Waals surface area contributed by atoms with Crippen LogP contribution < -0.4 is 15.4 Å². The molecule has 0 saturated carbocycles. The monoisotopic (exact) mass is 623 g/mol. The molecule has 0 atom stereocenters. The van der Waals surface area contributed by atoms with Crippen LogP contribution in [0.5, 0.6) is 5.75 Å². The van der Waals surface area contributed by atoms with Crippen molar-refractivity contribution < 1.29 is 14.3 Å². The number of likely N-dealkylation sites (N-methyl/N-ethyl adjacent to an activating group) is 1. The fraction of sp³-hybridized carbons (Fsp3) is 0.459.